The van der Waals surface area contributed by atoms with E-state index >= 15 is 0 Å². The number of Topliss-reactive ketones (excluding diaryl/α,β-unsaturated/α-hetero) is 1. The fraction of sp³-hybridized carbons (Fsp3) is 0.444. The number of alkyl halides is 3. The van der Waals surface area contributed by atoms with E-state index in [4.69, 9.17) is 0 Å². The Morgan fingerprint density at radius 2 is 1.53 bits per heavy atom. The molecule has 38 heavy (non-hydrogen) atoms. The maximum Gasteiger partial charge on any atom is 0.433 e. The lowest BCUT2D eigenvalue weighted by Crippen LogP contribution is -2.56. The Kier molecular flexibility index (Phi) is 10.1. The molecule has 0 aliphatic carbocycles. The van der Waals surface area contributed by atoms with E-state index in [2.05, 4.69) is 20.9 Å². The lowest BCUT2D eigenvalue weighted by Gasteiger charge is -2.25. The van der Waals surface area contributed by atoms with Crippen molar-refractivity contribution in [2.75, 3.05) is 0 Å². The van der Waals surface area contributed by atoms with Gasteiger partial charge in [0, 0.05) is 18.2 Å². The van der Waals surface area contributed by atoms with Crippen LogP contribution in [0.4, 0.5) is 13.2 Å². The van der Waals surface area contributed by atoms with Crippen LogP contribution in [-0.4, -0.2) is 46.1 Å². The largest absolute Gasteiger partial charge is 0.433 e. The summed E-state index contributed by atoms with van der Waals surface area (Å²) in [6.07, 6.45) is -3.67. The first-order chi connectivity index (χ1) is 17.6. The van der Waals surface area contributed by atoms with Gasteiger partial charge in [-0.15, -0.1) is 0 Å². The summed E-state index contributed by atoms with van der Waals surface area (Å²) in [7, 11) is 0. The maximum absolute atomic E-state index is 13.3. The number of amides is 3. The Labute approximate surface area is 219 Å². The normalized spacial score (nSPS) is 13.4. The summed E-state index contributed by atoms with van der Waals surface area (Å²) in [5.74, 6) is -3.28. The SMILES string of the molecule is CC(C)CC(NC(=O)c1ccc(C(F)(F)F)nc1)C(=O)NC(Cc1ccccc1)C(=O)C(=O)NC(C)(C)C. The second-order valence-corrected chi connectivity index (χ2v) is 10.4. The Bertz CT molecular complexity index is 1130. The van der Waals surface area contributed by atoms with Gasteiger partial charge in [0.15, 0.2) is 0 Å². The molecule has 0 aliphatic heterocycles. The van der Waals surface area contributed by atoms with Gasteiger partial charge >= 0.3 is 6.18 Å². The van der Waals surface area contributed by atoms with Crippen LogP contribution in [0.1, 0.15) is 62.7 Å². The van der Waals surface area contributed by atoms with Crippen LogP contribution >= 0.6 is 0 Å². The Balaban J connectivity index is 2.25. The summed E-state index contributed by atoms with van der Waals surface area (Å²) in [4.78, 5) is 54.9. The number of hydrogen-bond acceptors (Lipinski definition) is 5. The number of halogens is 3. The van der Waals surface area contributed by atoms with Crippen molar-refractivity contribution in [3.63, 3.8) is 0 Å². The van der Waals surface area contributed by atoms with E-state index in [1.807, 2.05) is 13.8 Å². The van der Waals surface area contributed by atoms with Crippen molar-refractivity contribution >= 4 is 23.5 Å². The van der Waals surface area contributed by atoms with Crippen LogP contribution < -0.4 is 16.0 Å². The van der Waals surface area contributed by atoms with Gasteiger partial charge < -0.3 is 16.0 Å². The quantitative estimate of drug-likeness (QED) is 0.404. The van der Waals surface area contributed by atoms with Crippen molar-refractivity contribution in [3.05, 3.63) is 65.5 Å². The van der Waals surface area contributed by atoms with Crippen LogP contribution in [0.15, 0.2) is 48.7 Å². The first kappa shape index (κ1) is 30.5. The van der Waals surface area contributed by atoms with Gasteiger partial charge in [0.2, 0.25) is 11.7 Å². The zero-order valence-electron chi connectivity index (χ0n) is 22.0. The number of aromatic nitrogens is 1. The van der Waals surface area contributed by atoms with Gasteiger partial charge in [-0.05, 0) is 50.8 Å². The minimum absolute atomic E-state index is 0.0359. The Hall–Kier alpha value is -3.76. The van der Waals surface area contributed by atoms with Gasteiger partial charge in [-0.2, -0.15) is 13.2 Å². The van der Waals surface area contributed by atoms with Gasteiger partial charge in [0.1, 0.15) is 17.8 Å². The molecule has 0 fully saturated rings. The van der Waals surface area contributed by atoms with Crippen molar-refractivity contribution < 1.29 is 32.3 Å². The van der Waals surface area contributed by atoms with Gasteiger partial charge in [-0.25, -0.2) is 0 Å². The van der Waals surface area contributed by atoms with Crippen molar-refractivity contribution in [2.24, 2.45) is 5.92 Å². The summed E-state index contributed by atoms with van der Waals surface area (Å²) in [6, 6.07) is 8.10. The number of ketones is 1. The molecule has 1 heterocycles. The molecule has 1 aromatic carbocycles. The molecular formula is C27H33F3N4O4. The molecule has 0 saturated heterocycles. The molecule has 2 unspecified atom stereocenters. The predicted octanol–water partition coefficient (Wildman–Crippen LogP) is 3.46. The molecule has 2 aromatic rings. The zero-order valence-corrected chi connectivity index (χ0v) is 22.0. The fourth-order valence-corrected chi connectivity index (χ4v) is 3.53. The van der Waals surface area contributed by atoms with Crippen LogP contribution in [0.2, 0.25) is 0 Å². The highest BCUT2D eigenvalue weighted by atomic mass is 19.4. The molecule has 8 nitrogen and oxygen atoms in total. The molecular weight excluding hydrogens is 501 g/mol. The lowest BCUT2D eigenvalue weighted by atomic mass is 9.98. The van der Waals surface area contributed by atoms with Crippen molar-refractivity contribution in [1.82, 2.24) is 20.9 Å². The number of rotatable bonds is 10. The molecule has 3 amide bonds. The Morgan fingerprint density at radius 1 is 0.895 bits per heavy atom. The first-order valence-electron chi connectivity index (χ1n) is 12.1. The molecule has 1 aromatic heterocycles. The lowest BCUT2D eigenvalue weighted by molar-refractivity contribution is -0.141. The molecule has 0 bridgehead atoms. The van der Waals surface area contributed by atoms with Crippen LogP contribution in [0.5, 0.6) is 0 Å². The monoisotopic (exact) mass is 534 g/mol. The smallest absolute Gasteiger partial charge is 0.345 e. The summed E-state index contributed by atoms with van der Waals surface area (Å²) in [5, 5.41) is 7.70. The third kappa shape index (κ3) is 9.60. The zero-order chi connectivity index (χ0) is 28.7. The molecule has 2 rings (SSSR count). The topological polar surface area (TPSA) is 117 Å². The third-order valence-corrected chi connectivity index (χ3v) is 5.27. The van der Waals surface area contributed by atoms with Crippen LogP contribution in [0.3, 0.4) is 0 Å². The summed E-state index contributed by atoms with van der Waals surface area (Å²) in [6.45, 7) is 8.78. The van der Waals surface area contributed by atoms with E-state index < -0.39 is 53.0 Å². The molecule has 3 N–H and O–H groups in total. The number of nitrogens with one attached hydrogen (secondary N) is 3. The van der Waals surface area contributed by atoms with Gasteiger partial charge in [0.25, 0.3) is 11.8 Å². The Morgan fingerprint density at radius 3 is 2.03 bits per heavy atom. The van der Waals surface area contributed by atoms with E-state index in [1.165, 1.54) is 0 Å². The van der Waals surface area contributed by atoms with Crippen molar-refractivity contribution in [2.45, 2.75) is 71.3 Å². The number of nitrogens with zero attached hydrogens (tertiary/aromatic N) is 1. The van der Waals surface area contributed by atoms with Gasteiger partial charge in [-0.1, -0.05) is 44.2 Å². The van der Waals surface area contributed by atoms with Gasteiger partial charge in [-0.3, -0.25) is 24.2 Å². The van der Waals surface area contributed by atoms with Crippen molar-refractivity contribution in [3.8, 4) is 0 Å². The van der Waals surface area contributed by atoms with E-state index in [-0.39, 0.29) is 24.3 Å². The van der Waals surface area contributed by atoms with Gasteiger partial charge in [0.05, 0.1) is 5.56 Å². The molecule has 0 saturated carbocycles. The highest BCUT2D eigenvalue weighted by Crippen LogP contribution is 2.27. The average Bonchev–Trinajstić information content (AvgIpc) is 2.81. The summed E-state index contributed by atoms with van der Waals surface area (Å²) < 4.78 is 38.4. The average molecular weight is 535 g/mol. The molecule has 0 spiro atoms. The predicted molar refractivity (Wildman–Crippen MR) is 135 cm³/mol. The molecule has 11 heteroatoms. The second-order valence-electron chi connectivity index (χ2n) is 10.4. The van der Waals surface area contributed by atoms with E-state index in [0.29, 0.717) is 11.6 Å². The highest BCUT2D eigenvalue weighted by molar-refractivity contribution is 6.38. The molecule has 0 aliphatic rings. The standard InChI is InChI=1S/C27H33F3N4O4/c1-16(2)13-20(33-23(36)18-11-12-21(31-15-18)27(28,29)30)24(37)32-19(14-17-9-7-6-8-10-17)22(35)25(38)34-26(3,4)5/h6-12,15-16,19-20H,13-14H2,1-5H3,(H,32,37)(H,33,36)(H,34,38). The van der Waals surface area contributed by atoms with E-state index in [1.54, 1.807) is 51.1 Å². The van der Waals surface area contributed by atoms with Crippen molar-refractivity contribution in [1.29, 1.82) is 0 Å². The first-order valence-corrected chi connectivity index (χ1v) is 12.1. The minimum Gasteiger partial charge on any atom is -0.345 e. The number of hydrogen-bond donors (Lipinski definition) is 3. The molecule has 206 valence electrons. The highest BCUT2D eigenvalue weighted by Gasteiger charge is 2.34. The summed E-state index contributed by atoms with van der Waals surface area (Å²) >= 11 is 0. The van der Waals surface area contributed by atoms with Crippen LogP contribution in [0, 0.1) is 5.92 Å². The number of carbonyl (C=O) groups excluding carboxylic acids is 4. The summed E-state index contributed by atoms with van der Waals surface area (Å²) in [5.41, 5.74) is -1.30. The molecule has 2 atom stereocenters. The number of benzene rings is 1. The van der Waals surface area contributed by atoms with E-state index in [0.717, 1.165) is 12.3 Å². The van der Waals surface area contributed by atoms with Crippen LogP contribution in [-0.2, 0) is 27.0 Å². The number of pyridine rings is 1. The van der Waals surface area contributed by atoms with E-state index in [9.17, 15) is 32.3 Å². The number of carbonyl (C=O) groups is 4. The third-order valence-electron chi connectivity index (χ3n) is 5.27. The second kappa shape index (κ2) is 12.7. The minimum atomic E-state index is -4.66. The molecule has 0 radical (unpaired) electrons. The maximum atomic E-state index is 13.3. The fourth-order valence-electron chi connectivity index (χ4n) is 3.53. The van der Waals surface area contributed by atoms with Crippen LogP contribution in [0.25, 0.3) is 0 Å².